The molecule has 0 aliphatic heterocycles. The summed E-state index contributed by atoms with van der Waals surface area (Å²) >= 11 is 0. The predicted octanol–water partition coefficient (Wildman–Crippen LogP) is 4.28. The predicted molar refractivity (Wildman–Crippen MR) is 116 cm³/mol. The third-order valence-corrected chi connectivity index (χ3v) is 4.65. The number of unbranched alkanes of at least 4 members (excludes halogenated alkanes) is 5. The molecule has 0 bridgehead atoms. The number of carbonyl (C=O) groups excluding carboxylic acids is 1. The fourth-order valence-electron chi connectivity index (χ4n) is 2.33. The highest BCUT2D eigenvalue weighted by Crippen LogP contribution is 2.19. The smallest absolute Gasteiger partial charge is 0.225 e. The minimum atomic E-state index is -0.418. The highest BCUT2D eigenvalue weighted by atomic mass is 16.5. The number of rotatable bonds is 17. The molecule has 0 fully saturated rings. The Morgan fingerprint density at radius 1 is 1.00 bits per heavy atom. The Labute approximate surface area is 169 Å². The van der Waals surface area contributed by atoms with Crippen LogP contribution in [-0.4, -0.2) is 50.0 Å². The van der Waals surface area contributed by atoms with Crippen molar-refractivity contribution in [2.45, 2.75) is 99.0 Å². The molecular weight excluding hydrogens is 340 g/mol. The van der Waals surface area contributed by atoms with E-state index in [-0.39, 0.29) is 11.3 Å². The first-order valence-electron chi connectivity index (χ1n) is 11.2. The number of hydrogen-bond donors (Lipinski definition) is 3. The summed E-state index contributed by atoms with van der Waals surface area (Å²) in [6.07, 6.45) is 8.29. The van der Waals surface area contributed by atoms with Gasteiger partial charge in [-0.3, -0.25) is 4.79 Å². The first kappa shape index (κ1) is 28.6. The first-order chi connectivity index (χ1) is 12.9. The van der Waals surface area contributed by atoms with E-state index in [1.807, 2.05) is 34.6 Å². The second-order valence-corrected chi connectivity index (χ2v) is 7.55. The third kappa shape index (κ3) is 18.5. The van der Waals surface area contributed by atoms with Crippen LogP contribution in [0.25, 0.3) is 0 Å². The van der Waals surface area contributed by atoms with Crippen LogP contribution in [0.4, 0.5) is 0 Å². The molecule has 0 radical (unpaired) electrons. The molecule has 5 nitrogen and oxygen atoms in total. The fourth-order valence-corrected chi connectivity index (χ4v) is 2.33. The van der Waals surface area contributed by atoms with Crippen molar-refractivity contribution in [2.75, 3.05) is 32.8 Å². The fraction of sp³-hybridized carbons (Fsp3) is 0.955. The van der Waals surface area contributed by atoms with Crippen molar-refractivity contribution in [3.63, 3.8) is 0 Å². The average molecular weight is 389 g/mol. The maximum atomic E-state index is 11.9. The Morgan fingerprint density at radius 2 is 1.63 bits per heavy atom. The normalized spacial score (nSPS) is 12.3. The molecule has 0 aromatic carbocycles. The number of hydrogen-bond acceptors (Lipinski definition) is 4. The zero-order valence-electron chi connectivity index (χ0n) is 19.0. The highest BCUT2D eigenvalue weighted by Gasteiger charge is 2.24. The third-order valence-electron chi connectivity index (χ3n) is 4.65. The van der Waals surface area contributed by atoms with Crippen LogP contribution in [0.1, 0.15) is 92.9 Å². The minimum Gasteiger partial charge on any atom is -0.389 e. The molecule has 27 heavy (non-hydrogen) atoms. The van der Waals surface area contributed by atoms with Gasteiger partial charge >= 0.3 is 0 Å². The van der Waals surface area contributed by atoms with E-state index in [0.717, 1.165) is 58.2 Å². The van der Waals surface area contributed by atoms with Crippen molar-refractivity contribution in [1.82, 2.24) is 10.6 Å². The summed E-state index contributed by atoms with van der Waals surface area (Å²) in [6.45, 7) is 15.6. The van der Waals surface area contributed by atoms with Gasteiger partial charge in [-0.05, 0) is 32.2 Å². The van der Waals surface area contributed by atoms with Crippen LogP contribution in [0.2, 0.25) is 0 Å². The largest absolute Gasteiger partial charge is 0.389 e. The molecule has 0 spiro atoms. The van der Waals surface area contributed by atoms with E-state index in [2.05, 4.69) is 17.6 Å². The van der Waals surface area contributed by atoms with Crippen LogP contribution >= 0.6 is 0 Å². The summed E-state index contributed by atoms with van der Waals surface area (Å²) in [5, 5.41) is 16.1. The molecule has 0 rings (SSSR count). The number of carbonyl (C=O) groups is 1. The molecule has 0 aromatic heterocycles. The minimum absolute atomic E-state index is 0.155. The lowest BCUT2D eigenvalue weighted by Gasteiger charge is -2.21. The monoisotopic (exact) mass is 388 g/mol. The van der Waals surface area contributed by atoms with Crippen LogP contribution in [0, 0.1) is 5.41 Å². The first-order valence-corrected chi connectivity index (χ1v) is 11.2. The molecule has 0 aliphatic rings. The molecule has 0 aliphatic carbocycles. The van der Waals surface area contributed by atoms with E-state index in [1.54, 1.807) is 0 Å². The van der Waals surface area contributed by atoms with Gasteiger partial charge < -0.3 is 20.5 Å². The summed E-state index contributed by atoms with van der Waals surface area (Å²) in [5.74, 6) is 0.155. The number of amides is 1. The number of ether oxygens (including phenoxy) is 1. The van der Waals surface area contributed by atoms with Crippen molar-refractivity contribution < 1.29 is 14.6 Å². The molecule has 0 aromatic rings. The van der Waals surface area contributed by atoms with Gasteiger partial charge in [0, 0.05) is 25.1 Å². The summed E-state index contributed by atoms with van der Waals surface area (Å²) < 4.78 is 5.45. The lowest BCUT2D eigenvalue weighted by Crippen LogP contribution is -2.36. The van der Waals surface area contributed by atoms with Crippen molar-refractivity contribution in [3.8, 4) is 0 Å². The number of aliphatic hydroxyl groups excluding tert-OH is 1. The Balaban J connectivity index is 0. The molecular formula is C22H48N2O3. The lowest BCUT2D eigenvalue weighted by atomic mass is 9.89. The quantitative estimate of drug-likeness (QED) is 0.325. The maximum Gasteiger partial charge on any atom is 0.225 e. The average Bonchev–Trinajstić information content (AvgIpc) is 2.67. The van der Waals surface area contributed by atoms with Gasteiger partial charge in [0.15, 0.2) is 0 Å². The zero-order chi connectivity index (χ0) is 21.0. The molecule has 0 heterocycles. The van der Waals surface area contributed by atoms with Gasteiger partial charge in [-0.15, -0.1) is 0 Å². The summed E-state index contributed by atoms with van der Waals surface area (Å²) in [4.78, 5) is 11.9. The SMILES string of the molecule is CC.CCCCCOCC(O)CNCCCCCCNC(=O)C(C)(C)CC. The topological polar surface area (TPSA) is 70.6 Å². The summed E-state index contributed by atoms with van der Waals surface area (Å²) in [7, 11) is 0. The van der Waals surface area contributed by atoms with E-state index < -0.39 is 6.10 Å². The summed E-state index contributed by atoms with van der Waals surface area (Å²) in [5.41, 5.74) is -0.259. The van der Waals surface area contributed by atoms with E-state index in [4.69, 9.17) is 4.74 Å². The van der Waals surface area contributed by atoms with Crippen molar-refractivity contribution in [2.24, 2.45) is 5.41 Å². The van der Waals surface area contributed by atoms with Gasteiger partial charge in [0.2, 0.25) is 5.91 Å². The molecule has 1 amide bonds. The van der Waals surface area contributed by atoms with Crippen LogP contribution < -0.4 is 10.6 Å². The van der Waals surface area contributed by atoms with Crippen LogP contribution in [0.15, 0.2) is 0 Å². The van der Waals surface area contributed by atoms with Gasteiger partial charge in [-0.25, -0.2) is 0 Å². The van der Waals surface area contributed by atoms with E-state index >= 15 is 0 Å². The second-order valence-electron chi connectivity index (χ2n) is 7.55. The summed E-state index contributed by atoms with van der Waals surface area (Å²) in [6, 6.07) is 0. The molecule has 1 atom stereocenters. The van der Waals surface area contributed by atoms with Crippen molar-refractivity contribution in [1.29, 1.82) is 0 Å². The van der Waals surface area contributed by atoms with Gasteiger partial charge in [0.1, 0.15) is 0 Å². The van der Waals surface area contributed by atoms with Crippen LogP contribution in [-0.2, 0) is 9.53 Å². The Bertz CT molecular complexity index is 323. The molecule has 164 valence electrons. The van der Waals surface area contributed by atoms with Gasteiger partial charge in [-0.1, -0.05) is 67.2 Å². The molecule has 3 N–H and O–H groups in total. The standard InChI is InChI=1S/C20H42N2O3.C2H6/c1-5-7-12-15-25-17-18(23)16-21-13-10-8-9-11-14-22-19(24)20(3,4)6-2;1-2/h18,21,23H,5-17H2,1-4H3,(H,22,24);1-2H3. The molecule has 5 heteroatoms. The van der Waals surface area contributed by atoms with Crippen LogP contribution in [0.5, 0.6) is 0 Å². The Kier molecular flexibility index (Phi) is 21.3. The maximum absolute atomic E-state index is 11.9. The number of nitrogens with one attached hydrogen (secondary N) is 2. The number of aliphatic hydroxyl groups is 1. The van der Waals surface area contributed by atoms with E-state index in [0.29, 0.717) is 13.2 Å². The lowest BCUT2D eigenvalue weighted by molar-refractivity contribution is -0.129. The Hall–Kier alpha value is -0.650. The Morgan fingerprint density at radius 3 is 2.22 bits per heavy atom. The zero-order valence-corrected chi connectivity index (χ0v) is 19.0. The molecule has 1 unspecified atom stereocenters. The van der Waals surface area contributed by atoms with Crippen LogP contribution in [0.3, 0.4) is 0 Å². The highest BCUT2D eigenvalue weighted by molar-refractivity contribution is 5.81. The molecule has 0 saturated heterocycles. The van der Waals surface area contributed by atoms with Crippen molar-refractivity contribution >= 4 is 5.91 Å². The second kappa shape index (κ2) is 20.1. The van der Waals surface area contributed by atoms with E-state index in [1.165, 1.54) is 12.8 Å². The van der Waals surface area contributed by atoms with Gasteiger partial charge in [0.05, 0.1) is 12.7 Å². The van der Waals surface area contributed by atoms with E-state index in [9.17, 15) is 9.90 Å². The molecule has 0 saturated carbocycles. The van der Waals surface area contributed by atoms with Gasteiger partial charge in [-0.2, -0.15) is 0 Å². The van der Waals surface area contributed by atoms with Crippen molar-refractivity contribution in [3.05, 3.63) is 0 Å². The van der Waals surface area contributed by atoms with Gasteiger partial charge in [0.25, 0.3) is 0 Å².